The molecule has 5 heteroatoms. The van der Waals surface area contributed by atoms with Crippen LogP contribution in [0, 0.1) is 0 Å². The van der Waals surface area contributed by atoms with Crippen LogP contribution in [0.4, 0.5) is 4.39 Å². The Bertz CT molecular complexity index is 330. The number of likely N-dealkylation sites (tertiary alicyclic amines) is 1. The van der Waals surface area contributed by atoms with E-state index >= 15 is 0 Å². The lowest BCUT2D eigenvalue weighted by Crippen LogP contribution is -2.65. The largest absolute Gasteiger partial charge is 0.328 e. The van der Waals surface area contributed by atoms with Crippen molar-refractivity contribution in [3.63, 3.8) is 0 Å². The van der Waals surface area contributed by atoms with Crippen molar-refractivity contribution >= 4 is 0 Å². The Balaban J connectivity index is 2.14. The van der Waals surface area contributed by atoms with E-state index in [4.69, 9.17) is 5.73 Å². The van der Waals surface area contributed by atoms with Gasteiger partial charge in [0.1, 0.15) is 12.3 Å². The van der Waals surface area contributed by atoms with Crippen LogP contribution in [0.25, 0.3) is 0 Å². The summed E-state index contributed by atoms with van der Waals surface area (Å²) in [5.74, 6) is 0. The fourth-order valence-corrected chi connectivity index (χ4v) is 2.04. The van der Waals surface area contributed by atoms with Crippen LogP contribution in [-0.2, 0) is 12.0 Å². The molecule has 0 bridgehead atoms. The minimum Gasteiger partial charge on any atom is -0.328 e. The summed E-state index contributed by atoms with van der Waals surface area (Å²) in [6.07, 6.45) is 4.84. The van der Waals surface area contributed by atoms with Gasteiger partial charge in [-0.25, -0.2) is 4.39 Å². The molecule has 15 heavy (non-hydrogen) atoms. The number of alkyl halides is 1. The molecule has 2 N–H and O–H groups in total. The quantitative estimate of drug-likeness (QED) is 0.732. The number of hydrogen-bond acceptors (Lipinski definition) is 3. The Labute approximate surface area is 88.9 Å². The normalized spacial score (nSPS) is 20.2. The second-order valence-electron chi connectivity index (χ2n) is 4.18. The Kier molecular flexibility index (Phi) is 2.75. The SMILES string of the molecule is CCc1cnn(C2(CN)CN(CF)C2)c1. The van der Waals surface area contributed by atoms with Gasteiger partial charge in [0.15, 0.2) is 0 Å². The van der Waals surface area contributed by atoms with Crippen molar-refractivity contribution in [2.75, 3.05) is 26.4 Å². The average molecular weight is 212 g/mol. The highest BCUT2D eigenvalue weighted by Crippen LogP contribution is 2.27. The van der Waals surface area contributed by atoms with Gasteiger partial charge in [-0.1, -0.05) is 6.92 Å². The lowest BCUT2D eigenvalue weighted by molar-refractivity contribution is -0.0189. The Hall–Kier alpha value is -0.940. The summed E-state index contributed by atoms with van der Waals surface area (Å²) in [5.41, 5.74) is 6.77. The number of halogens is 1. The summed E-state index contributed by atoms with van der Waals surface area (Å²) >= 11 is 0. The maximum absolute atomic E-state index is 12.4. The summed E-state index contributed by atoms with van der Waals surface area (Å²) < 4.78 is 14.3. The van der Waals surface area contributed by atoms with Crippen LogP contribution in [-0.4, -0.2) is 41.1 Å². The molecule has 1 fully saturated rings. The average Bonchev–Trinajstić information content (AvgIpc) is 2.67. The molecule has 1 aromatic heterocycles. The molecule has 1 saturated heterocycles. The van der Waals surface area contributed by atoms with Crippen LogP contribution in [0.2, 0.25) is 0 Å². The number of nitrogens with zero attached hydrogens (tertiary/aromatic N) is 3. The molecule has 0 atom stereocenters. The van der Waals surface area contributed by atoms with Crippen molar-refractivity contribution in [2.24, 2.45) is 5.73 Å². The van der Waals surface area contributed by atoms with Gasteiger partial charge in [-0.15, -0.1) is 0 Å². The fraction of sp³-hybridized carbons (Fsp3) is 0.700. The summed E-state index contributed by atoms with van der Waals surface area (Å²) in [5, 5.41) is 4.31. The van der Waals surface area contributed by atoms with Gasteiger partial charge in [-0.3, -0.25) is 9.58 Å². The van der Waals surface area contributed by atoms with E-state index < -0.39 is 6.80 Å². The molecule has 2 heterocycles. The van der Waals surface area contributed by atoms with Gasteiger partial charge < -0.3 is 5.73 Å². The van der Waals surface area contributed by atoms with Crippen molar-refractivity contribution in [1.82, 2.24) is 14.7 Å². The van der Waals surface area contributed by atoms with Crippen LogP contribution < -0.4 is 5.73 Å². The maximum Gasteiger partial charge on any atom is 0.143 e. The minimum atomic E-state index is -0.399. The highest BCUT2D eigenvalue weighted by Gasteiger charge is 2.44. The van der Waals surface area contributed by atoms with Gasteiger partial charge in [0.2, 0.25) is 0 Å². The predicted octanol–water partition coefficient (Wildman–Crippen LogP) is 0.342. The number of rotatable bonds is 4. The third-order valence-electron chi connectivity index (χ3n) is 3.12. The monoisotopic (exact) mass is 212 g/mol. The molecule has 0 radical (unpaired) electrons. The second kappa shape index (κ2) is 3.90. The molecular formula is C10H17FN4. The smallest absolute Gasteiger partial charge is 0.143 e. The standard InChI is InChI=1S/C10H17FN4/c1-2-9-3-13-15(4-9)10(5-12)6-14(7-10)8-11/h3-4H,2,5-8,12H2,1H3. The fourth-order valence-electron chi connectivity index (χ4n) is 2.04. The zero-order valence-corrected chi connectivity index (χ0v) is 8.99. The lowest BCUT2D eigenvalue weighted by atomic mass is 9.90. The lowest BCUT2D eigenvalue weighted by Gasteiger charge is -2.48. The van der Waals surface area contributed by atoms with Crippen molar-refractivity contribution < 1.29 is 4.39 Å². The third-order valence-corrected chi connectivity index (χ3v) is 3.12. The first kappa shape index (κ1) is 10.6. The molecule has 2 rings (SSSR count). The Morgan fingerprint density at radius 2 is 2.33 bits per heavy atom. The molecule has 1 aliphatic heterocycles. The minimum absolute atomic E-state index is 0.181. The molecule has 0 unspecified atom stereocenters. The Morgan fingerprint density at radius 3 is 2.80 bits per heavy atom. The molecule has 1 aromatic rings. The summed E-state index contributed by atoms with van der Waals surface area (Å²) in [6.45, 7) is 3.51. The zero-order valence-electron chi connectivity index (χ0n) is 8.99. The van der Waals surface area contributed by atoms with E-state index in [1.54, 1.807) is 4.90 Å². The highest BCUT2D eigenvalue weighted by molar-refractivity contribution is 5.09. The molecule has 4 nitrogen and oxygen atoms in total. The number of aryl methyl sites for hydroxylation is 1. The Morgan fingerprint density at radius 1 is 1.60 bits per heavy atom. The van der Waals surface area contributed by atoms with Crippen molar-refractivity contribution in [2.45, 2.75) is 18.9 Å². The highest BCUT2D eigenvalue weighted by atomic mass is 19.1. The van der Waals surface area contributed by atoms with Crippen LogP contribution in [0.1, 0.15) is 12.5 Å². The number of aromatic nitrogens is 2. The zero-order chi connectivity index (χ0) is 10.9. The first-order chi connectivity index (χ1) is 7.24. The molecule has 0 aromatic carbocycles. The van der Waals surface area contributed by atoms with Crippen LogP contribution >= 0.6 is 0 Å². The van der Waals surface area contributed by atoms with Gasteiger partial charge >= 0.3 is 0 Å². The van der Waals surface area contributed by atoms with Gasteiger partial charge in [0, 0.05) is 25.8 Å². The van der Waals surface area contributed by atoms with Gasteiger partial charge in [-0.05, 0) is 12.0 Å². The molecule has 1 aliphatic rings. The van der Waals surface area contributed by atoms with Crippen molar-refractivity contribution in [3.8, 4) is 0 Å². The first-order valence-electron chi connectivity index (χ1n) is 5.26. The predicted molar refractivity (Wildman–Crippen MR) is 56.2 cm³/mol. The topological polar surface area (TPSA) is 47.1 Å². The van der Waals surface area contributed by atoms with E-state index in [0.29, 0.717) is 19.6 Å². The van der Waals surface area contributed by atoms with E-state index in [2.05, 4.69) is 12.0 Å². The third kappa shape index (κ3) is 1.66. The summed E-state index contributed by atoms with van der Waals surface area (Å²) in [4.78, 5) is 1.72. The molecule has 0 aliphatic carbocycles. The van der Waals surface area contributed by atoms with E-state index in [1.807, 2.05) is 17.1 Å². The van der Waals surface area contributed by atoms with E-state index in [0.717, 1.165) is 6.42 Å². The number of nitrogens with two attached hydrogens (primary N) is 1. The molecule has 84 valence electrons. The number of hydrogen-bond donors (Lipinski definition) is 1. The molecular weight excluding hydrogens is 195 g/mol. The first-order valence-corrected chi connectivity index (χ1v) is 5.26. The second-order valence-corrected chi connectivity index (χ2v) is 4.18. The van der Waals surface area contributed by atoms with E-state index in [-0.39, 0.29) is 5.54 Å². The van der Waals surface area contributed by atoms with Gasteiger partial charge in [-0.2, -0.15) is 5.10 Å². The summed E-state index contributed by atoms with van der Waals surface area (Å²) in [6, 6.07) is 0. The van der Waals surface area contributed by atoms with Crippen LogP contribution in [0.3, 0.4) is 0 Å². The maximum atomic E-state index is 12.4. The van der Waals surface area contributed by atoms with Crippen molar-refractivity contribution in [1.29, 1.82) is 0 Å². The van der Waals surface area contributed by atoms with Crippen LogP contribution in [0.5, 0.6) is 0 Å². The molecule has 0 spiro atoms. The van der Waals surface area contributed by atoms with Crippen molar-refractivity contribution in [3.05, 3.63) is 18.0 Å². The van der Waals surface area contributed by atoms with Gasteiger partial charge in [0.05, 0.1) is 6.20 Å². The van der Waals surface area contributed by atoms with Gasteiger partial charge in [0.25, 0.3) is 0 Å². The van der Waals surface area contributed by atoms with Crippen LogP contribution in [0.15, 0.2) is 12.4 Å². The van der Waals surface area contributed by atoms with E-state index in [9.17, 15) is 4.39 Å². The summed E-state index contributed by atoms with van der Waals surface area (Å²) in [7, 11) is 0. The molecule has 0 amide bonds. The van der Waals surface area contributed by atoms with E-state index in [1.165, 1.54) is 5.56 Å². The molecule has 0 saturated carbocycles.